The third-order valence-electron chi connectivity index (χ3n) is 9.92. The summed E-state index contributed by atoms with van der Waals surface area (Å²) in [5.41, 5.74) is 20.0. The van der Waals surface area contributed by atoms with E-state index in [0.29, 0.717) is 17.0 Å². The second-order valence-corrected chi connectivity index (χ2v) is 13.3. The lowest BCUT2D eigenvalue weighted by Crippen LogP contribution is -2.28. The van der Waals surface area contributed by atoms with Crippen LogP contribution in [-0.2, 0) is 6.54 Å². The van der Waals surface area contributed by atoms with Crippen molar-refractivity contribution < 1.29 is 0 Å². The highest BCUT2D eigenvalue weighted by Crippen LogP contribution is 2.38. The zero-order chi connectivity index (χ0) is 38.3. The number of hydrogen-bond acceptors (Lipinski definition) is 2. The van der Waals surface area contributed by atoms with Crippen LogP contribution in [0.4, 0.5) is 0 Å². The van der Waals surface area contributed by atoms with Gasteiger partial charge >= 0.3 is 0 Å². The first kappa shape index (κ1) is 36.3. The fourth-order valence-corrected chi connectivity index (χ4v) is 7.41. The molecule has 2 heterocycles. The average Bonchev–Trinajstić information content (AvgIpc) is 3.63. The van der Waals surface area contributed by atoms with Crippen molar-refractivity contribution in [2.24, 2.45) is 5.73 Å². The summed E-state index contributed by atoms with van der Waals surface area (Å²) in [6.45, 7) is 9.34. The minimum absolute atomic E-state index is 0.314. The van der Waals surface area contributed by atoms with E-state index in [1.165, 1.54) is 60.1 Å². The molecule has 0 unspecified atom stereocenters. The number of rotatable bonds is 7. The zero-order valence-electron chi connectivity index (χ0n) is 31.8. The van der Waals surface area contributed by atoms with Crippen molar-refractivity contribution in [3.8, 4) is 16.8 Å². The summed E-state index contributed by atoms with van der Waals surface area (Å²) in [4.78, 5) is 0. The predicted molar refractivity (Wildman–Crippen MR) is 234 cm³/mol. The highest BCUT2D eigenvalue weighted by atomic mass is 15.0. The van der Waals surface area contributed by atoms with E-state index in [9.17, 15) is 0 Å². The molecule has 55 heavy (non-hydrogen) atoms. The maximum atomic E-state index is 8.01. The van der Waals surface area contributed by atoms with Crippen molar-refractivity contribution in [1.82, 2.24) is 9.13 Å². The largest absolute Gasteiger partial charge is 0.398 e. The molecule has 1 aliphatic carbocycles. The molecule has 0 saturated carbocycles. The van der Waals surface area contributed by atoms with E-state index in [4.69, 9.17) is 11.1 Å². The van der Waals surface area contributed by atoms with Crippen LogP contribution in [0.2, 0.25) is 0 Å². The second-order valence-electron chi connectivity index (χ2n) is 13.3. The lowest BCUT2D eigenvalue weighted by Gasteiger charge is -2.09. The van der Waals surface area contributed by atoms with Gasteiger partial charge in [-0.3, -0.25) is 5.41 Å². The summed E-state index contributed by atoms with van der Waals surface area (Å²) < 4.78 is 4.80. The van der Waals surface area contributed by atoms with Crippen LogP contribution in [0.25, 0.3) is 61.7 Å². The summed E-state index contributed by atoms with van der Waals surface area (Å²) in [5, 5.41) is 14.4. The Morgan fingerprint density at radius 2 is 1.64 bits per heavy atom. The highest BCUT2D eigenvalue weighted by molar-refractivity contribution is 6.16. The van der Waals surface area contributed by atoms with E-state index in [1.54, 1.807) is 12.1 Å². The molecule has 0 atom stereocenters. The van der Waals surface area contributed by atoms with Gasteiger partial charge in [0.1, 0.15) is 0 Å². The van der Waals surface area contributed by atoms with Crippen molar-refractivity contribution >= 4 is 50.6 Å². The van der Waals surface area contributed by atoms with Crippen LogP contribution >= 0.6 is 0 Å². The van der Waals surface area contributed by atoms with Gasteiger partial charge in [0, 0.05) is 61.3 Å². The molecule has 7 aromatic rings. The maximum absolute atomic E-state index is 8.01. The first-order chi connectivity index (χ1) is 26.9. The molecule has 0 bridgehead atoms. The summed E-state index contributed by atoms with van der Waals surface area (Å²) >= 11 is 0. The number of fused-ring (bicyclic) bond motifs is 4. The number of allylic oxidation sites excluding steroid dienone is 7. The van der Waals surface area contributed by atoms with Gasteiger partial charge in [-0.15, -0.1) is 5.73 Å². The van der Waals surface area contributed by atoms with Crippen molar-refractivity contribution in [2.75, 3.05) is 0 Å². The Kier molecular flexibility index (Phi) is 10.8. The fraction of sp³-hybridized carbons (Fsp3) is 0.0980. The van der Waals surface area contributed by atoms with Crippen LogP contribution in [0.15, 0.2) is 174 Å². The SMILES string of the molecule is CC1=CC=CC=C=C1/C(N)=C/C(=N)c1c#cccc1.C\C=C/C=c1\c(=C/C)n(CC)c2ccc(-c3cccc4c3c3ccccc3n4-c3ccccc3)cc12. The Labute approximate surface area is 323 Å². The predicted octanol–water partition coefficient (Wildman–Crippen LogP) is 10.7. The number of aryl methyl sites for hydroxylation is 1. The molecule has 4 nitrogen and oxygen atoms in total. The van der Waals surface area contributed by atoms with E-state index < -0.39 is 0 Å². The van der Waals surface area contributed by atoms with Gasteiger partial charge in [0.15, 0.2) is 0 Å². The molecule has 0 aliphatic heterocycles. The molecule has 2 aromatic heterocycles. The van der Waals surface area contributed by atoms with Gasteiger partial charge in [-0.2, -0.15) is 0 Å². The normalized spacial score (nSPS) is 13.6. The Balaban J connectivity index is 0.000000207. The van der Waals surface area contributed by atoms with Gasteiger partial charge in [-0.05, 0) is 105 Å². The van der Waals surface area contributed by atoms with Gasteiger partial charge in [0.2, 0.25) is 0 Å². The summed E-state index contributed by atoms with van der Waals surface area (Å²) in [5.74, 6) is 0. The van der Waals surface area contributed by atoms with Gasteiger partial charge < -0.3 is 14.9 Å². The van der Waals surface area contributed by atoms with Crippen LogP contribution < -0.4 is 16.3 Å². The molecule has 3 N–H and O–H groups in total. The van der Waals surface area contributed by atoms with Crippen LogP contribution in [0.5, 0.6) is 0 Å². The van der Waals surface area contributed by atoms with Crippen molar-refractivity contribution in [2.45, 2.75) is 34.2 Å². The monoisotopic (exact) mass is 712 g/mol. The molecule has 1 aliphatic rings. The molecule has 0 spiro atoms. The van der Waals surface area contributed by atoms with Crippen molar-refractivity contribution in [1.29, 1.82) is 5.41 Å². The van der Waals surface area contributed by atoms with Gasteiger partial charge in [-0.1, -0.05) is 115 Å². The molecule has 268 valence electrons. The maximum Gasteiger partial charge on any atom is 0.0717 e. The summed E-state index contributed by atoms with van der Waals surface area (Å²) in [7, 11) is 0. The number of aromatic nitrogens is 2. The van der Waals surface area contributed by atoms with Gasteiger partial charge in [-0.25, -0.2) is 0 Å². The molecule has 0 saturated heterocycles. The Morgan fingerprint density at radius 3 is 2.40 bits per heavy atom. The van der Waals surface area contributed by atoms with Crippen molar-refractivity contribution in [3.05, 3.63) is 203 Å². The zero-order valence-corrected chi connectivity index (χ0v) is 31.8. The topological polar surface area (TPSA) is 59.7 Å². The van der Waals surface area contributed by atoms with E-state index in [0.717, 1.165) is 17.7 Å². The molecule has 0 amide bonds. The van der Waals surface area contributed by atoms with E-state index in [2.05, 4.69) is 163 Å². The molecule has 8 rings (SSSR count). The van der Waals surface area contributed by atoms with E-state index >= 15 is 0 Å². The Hall–Kier alpha value is -7.05. The lowest BCUT2D eigenvalue weighted by molar-refractivity contribution is 0.770. The number of nitrogens with zero attached hydrogens (tertiary/aromatic N) is 2. The molecule has 0 radical (unpaired) electrons. The summed E-state index contributed by atoms with van der Waals surface area (Å²) in [6, 6.07) is 44.2. The number of nitrogens with two attached hydrogens (primary N) is 1. The molecule has 5 aromatic carbocycles. The highest BCUT2D eigenvalue weighted by Gasteiger charge is 2.17. The first-order valence-electron chi connectivity index (χ1n) is 18.7. The molecule has 4 heteroatoms. The Morgan fingerprint density at radius 1 is 0.836 bits per heavy atom. The number of hydrogen-bond donors (Lipinski definition) is 2. The number of benzene rings is 4. The molecular formula is C51H44N4. The third kappa shape index (κ3) is 7.18. The quantitative estimate of drug-likeness (QED) is 0.125. The van der Waals surface area contributed by atoms with Crippen LogP contribution in [0.1, 0.15) is 33.3 Å². The van der Waals surface area contributed by atoms with E-state index in [-0.39, 0.29) is 0 Å². The number of para-hydroxylation sites is 2. The second kappa shape index (κ2) is 16.3. The Bertz CT molecular complexity index is 2870. The minimum atomic E-state index is 0.314. The lowest BCUT2D eigenvalue weighted by atomic mass is 9.98. The van der Waals surface area contributed by atoms with Gasteiger partial charge in [0.05, 0.1) is 16.7 Å². The molecule has 0 fully saturated rings. The first-order valence-corrected chi connectivity index (χ1v) is 18.7. The number of nitrogens with one attached hydrogen (secondary N) is 1. The van der Waals surface area contributed by atoms with Crippen molar-refractivity contribution in [3.63, 3.8) is 0 Å². The minimum Gasteiger partial charge on any atom is -0.398 e. The van der Waals surface area contributed by atoms with Crippen LogP contribution in [-0.4, -0.2) is 14.8 Å². The van der Waals surface area contributed by atoms with Gasteiger partial charge in [0.25, 0.3) is 0 Å². The van der Waals surface area contributed by atoms with Crippen LogP contribution in [0, 0.1) is 17.5 Å². The average molecular weight is 713 g/mol. The fourth-order valence-electron chi connectivity index (χ4n) is 7.41. The summed E-state index contributed by atoms with van der Waals surface area (Å²) in [6.07, 6.45) is 18.0. The smallest absolute Gasteiger partial charge is 0.0717 e. The molecular weight excluding hydrogens is 669 g/mol. The van der Waals surface area contributed by atoms with Crippen LogP contribution in [0.3, 0.4) is 0 Å². The van der Waals surface area contributed by atoms with E-state index in [1.807, 2.05) is 43.4 Å². The standard InChI is InChI=1S/C34H30N2.C17H14N2/c1-4-7-16-27-29-23-24(21-22-31(29)35(6-3)30(27)5-2)26-18-13-20-33-34(26)28-17-11-12-19-32(28)36(33)25-14-9-8-10-15-25;1-13-8-4-2-7-11-15(13)17(19)12-16(18)14-9-5-3-6-10-14/h4-5,7-23H,6H2,1-3H3;2-5,7-9,12,18H,19H2,1H3/b7-4-,27-16-,30-5+;17-12-,18-16?. The third-order valence-corrected chi connectivity index (χ3v) is 9.92.